The third-order valence-corrected chi connectivity index (χ3v) is 3.97. The Morgan fingerprint density at radius 2 is 2.12 bits per heavy atom. The normalized spacial score (nSPS) is 11.3. The number of aromatic nitrogens is 4. The lowest BCUT2D eigenvalue weighted by Crippen LogP contribution is -2.18. The molecule has 2 N–H and O–H groups in total. The van der Waals surface area contributed by atoms with Gasteiger partial charge in [0.05, 0.1) is 12.0 Å². The predicted octanol–water partition coefficient (Wildman–Crippen LogP) is 2.45. The first-order chi connectivity index (χ1) is 12.6. The number of benzene rings is 1. The van der Waals surface area contributed by atoms with Crippen molar-refractivity contribution in [2.24, 2.45) is 4.99 Å². The van der Waals surface area contributed by atoms with E-state index in [1.807, 2.05) is 10.8 Å². The summed E-state index contributed by atoms with van der Waals surface area (Å²) in [6.07, 6.45) is 7.34. The number of H-pyrrole nitrogens is 1. The van der Waals surface area contributed by atoms with E-state index in [0.29, 0.717) is 12.2 Å². The maximum absolute atomic E-state index is 13.1. The summed E-state index contributed by atoms with van der Waals surface area (Å²) in [6, 6.07) is 5.39. The van der Waals surface area contributed by atoms with E-state index >= 15 is 0 Å². The van der Waals surface area contributed by atoms with Gasteiger partial charge in [0.25, 0.3) is 5.56 Å². The Kier molecular flexibility index (Phi) is 5.37. The average molecular weight is 373 g/mol. The molecule has 0 aliphatic carbocycles. The number of aromatic hydroxyl groups is 1. The van der Waals surface area contributed by atoms with E-state index in [2.05, 4.69) is 15.0 Å². The molecule has 0 bridgehead atoms. The molecule has 0 fully saturated rings. The number of hydrogen-bond donors (Lipinski definition) is 2. The first-order valence-electron chi connectivity index (χ1n) is 7.86. The first kappa shape index (κ1) is 17.7. The van der Waals surface area contributed by atoms with Crippen LogP contribution in [-0.2, 0) is 6.54 Å². The van der Waals surface area contributed by atoms with E-state index in [9.17, 15) is 14.3 Å². The summed E-state index contributed by atoms with van der Waals surface area (Å²) >= 11 is 5.10. The van der Waals surface area contributed by atoms with E-state index in [4.69, 9.17) is 12.2 Å². The fourth-order valence-corrected chi connectivity index (χ4v) is 2.69. The minimum absolute atomic E-state index is 0.00874. The first-order valence-corrected chi connectivity index (χ1v) is 8.27. The minimum atomic E-state index is -0.538. The second kappa shape index (κ2) is 7.87. The van der Waals surface area contributed by atoms with Crippen LogP contribution in [0.25, 0.3) is 5.69 Å². The Hall–Kier alpha value is -3.07. The number of hydrogen-bond acceptors (Lipinski definition) is 5. The van der Waals surface area contributed by atoms with E-state index in [1.54, 1.807) is 12.5 Å². The zero-order chi connectivity index (χ0) is 18.5. The summed E-state index contributed by atoms with van der Waals surface area (Å²) in [5, 5.41) is 10.5. The third-order valence-electron chi connectivity index (χ3n) is 3.69. The molecule has 3 rings (SSSR count). The second-order valence-electron chi connectivity index (χ2n) is 5.50. The number of rotatable bonds is 6. The van der Waals surface area contributed by atoms with Gasteiger partial charge in [-0.2, -0.15) is 0 Å². The van der Waals surface area contributed by atoms with Crippen molar-refractivity contribution in [3.05, 3.63) is 69.5 Å². The monoisotopic (exact) mass is 373 g/mol. The molecule has 0 spiro atoms. The van der Waals surface area contributed by atoms with Gasteiger partial charge in [-0.25, -0.2) is 9.37 Å². The highest BCUT2D eigenvalue weighted by Gasteiger charge is 2.12. The van der Waals surface area contributed by atoms with Gasteiger partial charge in [-0.05, 0) is 42.9 Å². The van der Waals surface area contributed by atoms with Gasteiger partial charge in [0.15, 0.2) is 4.77 Å². The van der Waals surface area contributed by atoms with Crippen LogP contribution in [0, 0.1) is 10.6 Å². The van der Waals surface area contributed by atoms with E-state index < -0.39 is 11.4 Å². The smallest absolute Gasteiger partial charge is 0.264 e. The van der Waals surface area contributed by atoms with Crippen LogP contribution in [0.15, 0.2) is 52.8 Å². The van der Waals surface area contributed by atoms with Crippen LogP contribution in [0.1, 0.15) is 12.0 Å². The van der Waals surface area contributed by atoms with Crippen molar-refractivity contribution < 1.29 is 9.50 Å². The van der Waals surface area contributed by atoms with Gasteiger partial charge in [-0.15, -0.1) is 0 Å². The molecule has 134 valence electrons. The summed E-state index contributed by atoms with van der Waals surface area (Å²) in [5.41, 5.74) is -0.116. The van der Waals surface area contributed by atoms with Gasteiger partial charge in [0.2, 0.25) is 5.88 Å². The van der Waals surface area contributed by atoms with Crippen molar-refractivity contribution in [2.45, 2.75) is 13.0 Å². The number of aliphatic imine (C=N–C) groups is 1. The SMILES string of the molecule is O=c1[nH]c(=S)n(-c2ccc(F)cc2)c(O)c1C=NCCCn1ccnc1. The lowest BCUT2D eigenvalue weighted by atomic mass is 10.3. The largest absolute Gasteiger partial charge is 0.494 e. The summed E-state index contributed by atoms with van der Waals surface area (Å²) in [4.78, 5) is 22.7. The van der Waals surface area contributed by atoms with Gasteiger partial charge in [0, 0.05) is 31.7 Å². The number of aryl methyl sites for hydroxylation is 1. The molecule has 26 heavy (non-hydrogen) atoms. The molecule has 1 aromatic carbocycles. The minimum Gasteiger partial charge on any atom is -0.494 e. The quantitative estimate of drug-likeness (QED) is 0.395. The standard InChI is InChI=1S/C17H16FN5O2S/c18-12-2-4-13(5-3-12)23-16(25)14(15(24)21-17(23)26)10-19-6-1-8-22-9-7-20-11-22/h2-5,7,9-11,25H,1,6,8H2,(H,21,24,26). The van der Waals surface area contributed by atoms with Crippen LogP contribution in [0.5, 0.6) is 5.88 Å². The molecule has 0 aliphatic heterocycles. The van der Waals surface area contributed by atoms with Crippen molar-refractivity contribution in [2.75, 3.05) is 6.54 Å². The van der Waals surface area contributed by atoms with E-state index in [1.165, 1.54) is 35.0 Å². The van der Waals surface area contributed by atoms with Crippen LogP contribution >= 0.6 is 12.2 Å². The van der Waals surface area contributed by atoms with Crippen molar-refractivity contribution >= 4 is 18.4 Å². The van der Waals surface area contributed by atoms with E-state index in [-0.39, 0.29) is 16.2 Å². The Morgan fingerprint density at radius 3 is 2.81 bits per heavy atom. The third kappa shape index (κ3) is 3.94. The molecule has 2 heterocycles. The summed E-state index contributed by atoms with van der Waals surface area (Å²) in [7, 11) is 0. The molecule has 0 saturated carbocycles. The van der Waals surface area contributed by atoms with Crippen LogP contribution in [0.4, 0.5) is 4.39 Å². The zero-order valence-electron chi connectivity index (χ0n) is 13.7. The van der Waals surface area contributed by atoms with Crippen molar-refractivity contribution in [1.29, 1.82) is 0 Å². The molecular formula is C17H16FN5O2S. The molecule has 7 nitrogen and oxygen atoms in total. The number of nitrogens with zero attached hydrogens (tertiary/aromatic N) is 4. The highest BCUT2D eigenvalue weighted by atomic mass is 32.1. The van der Waals surface area contributed by atoms with Gasteiger partial charge in [0.1, 0.15) is 11.4 Å². The lowest BCUT2D eigenvalue weighted by Gasteiger charge is -2.11. The van der Waals surface area contributed by atoms with Crippen molar-refractivity contribution in [3.8, 4) is 11.6 Å². The van der Waals surface area contributed by atoms with Crippen molar-refractivity contribution in [3.63, 3.8) is 0 Å². The molecule has 2 aromatic heterocycles. The number of halogens is 1. The van der Waals surface area contributed by atoms with Crippen LogP contribution in [0.3, 0.4) is 0 Å². The average Bonchev–Trinajstić information content (AvgIpc) is 3.12. The Balaban J connectivity index is 1.81. The molecule has 0 saturated heterocycles. The van der Waals surface area contributed by atoms with Crippen LogP contribution in [0.2, 0.25) is 0 Å². The van der Waals surface area contributed by atoms with Crippen LogP contribution in [-0.4, -0.2) is 37.0 Å². The Labute approximate surface area is 153 Å². The van der Waals surface area contributed by atoms with Crippen molar-refractivity contribution in [1.82, 2.24) is 19.1 Å². The summed E-state index contributed by atoms with van der Waals surface area (Å²) in [6.45, 7) is 1.23. The van der Waals surface area contributed by atoms with Crippen LogP contribution < -0.4 is 5.56 Å². The number of nitrogens with one attached hydrogen (secondary N) is 1. The summed E-state index contributed by atoms with van der Waals surface area (Å²) < 4.78 is 16.3. The van der Waals surface area contributed by atoms with Gasteiger partial charge in [-0.3, -0.25) is 19.3 Å². The van der Waals surface area contributed by atoms with Gasteiger partial charge < -0.3 is 9.67 Å². The maximum atomic E-state index is 13.1. The molecule has 0 atom stereocenters. The Morgan fingerprint density at radius 1 is 1.35 bits per heavy atom. The molecule has 3 aromatic rings. The predicted molar refractivity (Wildman–Crippen MR) is 98.2 cm³/mol. The molecule has 0 radical (unpaired) electrons. The highest BCUT2D eigenvalue weighted by molar-refractivity contribution is 7.71. The topological polar surface area (TPSA) is 88.2 Å². The zero-order valence-corrected chi connectivity index (χ0v) is 14.5. The maximum Gasteiger partial charge on any atom is 0.264 e. The molecular weight excluding hydrogens is 357 g/mol. The molecule has 0 aliphatic rings. The fourth-order valence-electron chi connectivity index (χ4n) is 2.40. The highest BCUT2D eigenvalue weighted by Crippen LogP contribution is 2.18. The van der Waals surface area contributed by atoms with Gasteiger partial charge in [-0.1, -0.05) is 0 Å². The number of aromatic amines is 1. The fraction of sp³-hybridized carbons (Fsp3) is 0.176. The second-order valence-corrected chi connectivity index (χ2v) is 5.88. The number of imidazole rings is 1. The molecule has 9 heteroatoms. The van der Waals surface area contributed by atoms with E-state index in [0.717, 1.165) is 13.0 Å². The molecule has 0 unspecified atom stereocenters. The summed E-state index contributed by atoms with van der Waals surface area (Å²) in [5.74, 6) is -0.757. The Bertz CT molecular complexity index is 1020. The van der Waals surface area contributed by atoms with Gasteiger partial charge >= 0.3 is 0 Å². The molecule has 0 amide bonds. The lowest BCUT2D eigenvalue weighted by molar-refractivity contribution is 0.432.